The van der Waals surface area contributed by atoms with Crippen molar-refractivity contribution in [2.45, 2.75) is 64.8 Å². The summed E-state index contributed by atoms with van der Waals surface area (Å²) in [6, 6.07) is 9.26. The number of rotatable bonds is 7. The van der Waals surface area contributed by atoms with Gasteiger partial charge in [0.05, 0.1) is 18.3 Å². The number of hydrogen-bond donors (Lipinski definition) is 1. The Labute approximate surface area is 128 Å². The van der Waals surface area contributed by atoms with Crippen LogP contribution in [0.25, 0.3) is 0 Å². The summed E-state index contributed by atoms with van der Waals surface area (Å²) in [5.41, 5.74) is 2.42. The van der Waals surface area contributed by atoms with E-state index in [1.54, 1.807) is 0 Å². The minimum atomic E-state index is -0.422. The molecule has 1 atom stereocenters. The summed E-state index contributed by atoms with van der Waals surface area (Å²) in [5.74, 6) is 0. The Kier molecular flexibility index (Phi) is 5.42. The molecule has 1 N–H and O–H groups in total. The van der Waals surface area contributed by atoms with Gasteiger partial charge in [-0.1, -0.05) is 29.8 Å². The molecule has 1 saturated carbocycles. The molecule has 0 bridgehead atoms. The minimum absolute atomic E-state index is 0.193. The van der Waals surface area contributed by atoms with Crippen molar-refractivity contribution in [2.75, 3.05) is 13.2 Å². The summed E-state index contributed by atoms with van der Waals surface area (Å²) in [4.78, 5) is 2.39. The molecule has 0 spiro atoms. The molecular weight excluding hydrogens is 262 g/mol. The van der Waals surface area contributed by atoms with Gasteiger partial charge in [0.1, 0.15) is 0 Å². The number of hydrogen-bond acceptors (Lipinski definition) is 3. The lowest BCUT2D eigenvalue weighted by molar-refractivity contribution is -0.0572. The molecule has 118 valence electrons. The van der Waals surface area contributed by atoms with Gasteiger partial charge in [-0.05, 0) is 46.1 Å². The van der Waals surface area contributed by atoms with Crippen LogP contribution in [-0.2, 0) is 11.3 Å². The summed E-state index contributed by atoms with van der Waals surface area (Å²) in [6.07, 6.45) is 2.08. The molecule has 21 heavy (non-hydrogen) atoms. The van der Waals surface area contributed by atoms with Gasteiger partial charge in [-0.15, -0.1) is 0 Å². The minimum Gasteiger partial charge on any atom is -0.389 e. The fourth-order valence-corrected chi connectivity index (χ4v) is 2.50. The number of aryl methyl sites for hydroxylation is 1. The van der Waals surface area contributed by atoms with Gasteiger partial charge in [0.25, 0.3) is 0 Å². The highest BCUT2D eigenvalue weighted by Crippen LogP contribution is 2.28. The van der Waals surface area contributed by atoms with Crippen LogP contribution < -0.4 is 0 Å². The summed E-state index contributed by atoms with van der Waals surface area (Å²) in [6.45, 7) is 10.2. The Bertz CT molecular complexity index is 449. The van der Waals surface area contributed by atoms with Gasteiger partial charge >= 0.3 is 0 Å². The van der Waals surface area contributed by atoms with E-state index in [9.17, 15) is 5.11 Å². The maximum absolute atomic E-state index is 10.2. The third-order valence-corrected chi connectivity index (χ3v) is 3.69. The summed E-state index contributed by atoms with van der Waals surface area (Å²) in [7, 11) is 0. The third kappa shape index (κ3) is 6.16. The quantitative estimate of drug-likeness (QED) is 0.838. The lowest BCUT2D eigenvalue weighted by Gasteiger charge is -2.27. The smallest absolute Gasteiger partial charge is 0.0900 e. The van der Waals surface area contributed by atoms with E-state index < -0.39 is 6.10 Å². The van der Waals surface area contributed by atoms with Crippen LogP contribution in [0.5, 0.6) is 0 Å². The third-order valence-electron chi connectivity index (χ3n) is 3.69. The second kappa shape index (κ2) is 6.91. The first-order valence-corrected chi connectivity index (χ1v) is 7.95. The zero-order valence-corrected chi connectivity index (χ0v) is 13.8. The van der Waals surface area contributed by atoms with Crippen molar-refractivity contribution >= 4 is 0 Å². The van der Waals surface area contributed by atoms with Gasteiger partial charge < -0.3 is 9.84 Å². The lowest BCUT2D eigenvalue weighted by atomic mass is 10.1. The van der Waals surface area contributed by atoms with Gasteiger partial charge in [0.2, 0.25) is 0 Å². The largest absolute Gasteiger partial charge is 0.389 e. The summed E-state index contributed by atoms with van der Waals surface area (Å²) in [5, 5.41) is 10.2. The van der Waals surface area contributed by atoms with E-state index in [0.717, 1.165) is 6.54 Å². The van der Waals surface area contributed by atoms with E-state index in [1.807, 2.05) is 20.8 Å². The molecular formula is C18H29NO2. The van der Waals surface area contributed by atoms with Crippen LogP contribution in [0.1, 0.15) is 44.7 Å². The van der Waals surface area contributed by atoms with Crippen molar-refractivity contribution in [1.82, 2.24) is 4.90 Å². The molecule has 0 aromatic heterocycles. The molecule has 3 nitrogen and oxygen atoms in total. The molecule has 0 unspecified atom stereocenters. The van der Waals surface area contributed by atoms with Gasteiger partial charge in [0, 0.05) is 19.1 Å². The van der Waals surface area contributed by atoms with E-state index in [1.165, 1.54) is 24.0 Å². The van der Waals surface area contributed by atoms with Crippen LogP contribution in [0.2, 0.25) is 0 Å². The second-order valence-electron chi connectivity index (χ2n) is 7.23. The molecule has 1 aliphatic rings. The molecule has 1 aliphatic carbocycles. The Morgan fingerprint density at radius 1 is 1.33 bits per heavy atom. The van der Waals surface area contributed by atoms with E-state index in [0.29, 0.717) is 19.2 Å². The van der Waals surface area contributed by atoms with Crippen LogP contribution in [0.3, 0.4) is 0 Å². The predicted octanol–water partition coefficient (Wildman–Crippen LogP) is 3.14. The predicted molar refractivity (Wildman–Crippen MR) is 86.3 cm³/mol. The molecule has 0 radical (unpaired) electrons. The molecule has 2 rings (SSSR count). The fourth-order valence-electron chi connectivity index (χ4n) is 2.50. The van der Waals surface area contributed by atoms with Crippen LogP contribution >= 0.6 is 0 Å². The average molecular weight is 291 g/mol. The van der Waals surface area contributed by atoms with E-state index >= 15 is 0 Å². The first-order chi connectivity index (χ1) is 9.83. The van der Waals surface area contributed by atoms with E-state index in [2.05, 4.69) is 36.1 Å². The number of aliphatic hydroxyl groups is 1. The second-order valence-corrected chi connectivity index (χ2v) is 7.23. The zero-order valence-electron chi connectivity index (χ0n) is 13.8. The lowest BCUT2D eigenvalue weighted by Crippen LogP contribution is -2.37. The molecule has 1 aromatic rings. The van der Waals surface area contributed by atoms with Crippen molar-refractivity contribution < 1.29 is 9.84 Å². The molecule has 0 saturated heterocycles. The molecule has 0 amide bonds. The molecule has 1 aromatic carbocycles. The van der Waals surface area contributed by atoms with Crippen molar-refractivity contribution in [2.24, 2.45) is 0 Å². The van der Waals surface area contributed by atoms with Crippen molar-refractivity contribution in [1.29, 1.82) is 0 Å². The number of ether oxygens (including phenoxy) is 1. The molecule has 0 aliphatic heterocycles. The SMILES string of the molecule is Cc1cccc(CN(C[C@H](O)COC(C)(C)C)C2CC2)c1. The van der Waals surface area contributed by atoms with Gasteiger partial charge in [-0.25, -0.2) is 0 Å². The average Bonchev–Trinajstić information content (AvgIpc) is 3.19. The number of nitrogens with zero attached hydrogens (tertiary/aromatic N) is 1. The maximum Gasteiger partial charge on any atom is 0.0900 e. The van der Waals surface area contributed by atoms with Crippen LogP contribution in [0, 0.1) is 6.92 Å². The Balaban J connectivity index is 1.87. The standard InChI is InChI=1S/C18H29NO2/c1-14-6-5-7-15(10-14)11-19(16-8-9-16)12-17(20)13-21-18(2,3)4/h5-7,10,16-17,20H,8-9,11-13H2,1-4H3/t17-/m0/s1. The van der Waals surface area contributed by atoms with Gasteiger partial charge in [0.15, 0.2) is 0 Å². The highest BCUT2D eigenvalue weighted by molar-refractivity contribution is 5.22. The molecule has 3 heteroatoms. The highest BCUT2D eigenvalue weighted by Gasteiger charge is 2.30. The Hall–Kier alpha value is -0.900. The number of aliphatic hydroxyl groups excluding tert-OH is 1. The van der Waals surface area contributed by atoms with E-state index in [4.69, 9.17) is 4.74 Å². The summed E-state index contributed by atoms with van der Waals surface area (Å²) < 4.78 is 5.68. The van der Waals surface area contributed by atoms with Crippen LogP contribution in [-0.4, -0.2) is 40.9 Å². The van der Waals surface area contributed by atoms with Crippen molar-refractivity contribution in [3.8, 4) is 0 Å². The first-order valence-electron chi connectivity index (χ1n) is 7.95. The first kappa shape index (κ1) is 16.5. The normalized spacial score (nSPS) is 17.2. The number of benzene rings is 1. The van der Waals surface area contributed by atoms with Gasteiger partial charge in [-0.3, -0.25) is 4.90 Å². The van der Waals surface area contributed by atoms with Crippen molar-refractivity contribution in [3.63, 3.8) is 0 Å². The maximum atomic E-state index is 10.2. The zero-order chi connectivity index (χ0) is 15.5. The van der Waals surface area contributed by atoms with Gasteiger partial charge in [-0.2, -0.15) is 0 Å². The highest BCUT2D eigenvalue weighted by atomic mass is 16.5. The Morgan fingerprint density at radius 2 is 2.05 bits per heavy atom. The van der Waals surface area contributed by atoms with Crippen LogP contribution in [0.15, 0.2) is 24.3 Å². The Morgan fingerprint density at radius 3 is 2.62 bits per heavy atom. The monoisotopic (exact) mass is 291 g/mol. The topological polar surface area (TPSA) is 32.7 Å². The van der Waals surface area contributed by atoms with Crippen LogP contribution in [0.4, 0.5) is 0 Å². The fraction of sp³-hybridized carbons (Fsp3) is 0.667. The van der Waals surface area contributed by atoms with E-state index in [-0.39, 0.29) is 5.60 Å². The van der Waals surface area contributed by atoms with Crippen molar-refractivity contribution in [3.05, 3.63) is 35.4 Å². The molecule has 0 heterocycles. The summed E-state index contributed by atoms with van der Waals surface area (Å²) >= 11 is 0. The molecule has 1 fully saturated rings.